The molecular formula is C15H20N2O4S. The molecule has 0 heterocycles. The van der Waals surface area contributed by atoms with Crippen LogP contribution in [0.15, 0.2) is 30.3 Å². The van der Waals surface area contributed by atoms with Crippen LogP contribution in [-0.4, -0.2) is 25.6 Å². The van der Waals surface area contributed by atoms with Gasteiger partial charge in [-0.05, 0) is 24.8 Å². The maximum Gasteiger partial charge on any atom is 0.286 e. The van der Waals surface area contributed by atoms with Crippen molar-refractivity contribution in [2.45, 2.75) is 37.5 Å². The first-order valence-electron chi connectivity index (χ1n) is 7.12. The van der Waals surface area contributed by atoms with Gasteiger partial charge in [-0.15, -0.1) is 0 Å². The maximum atomic E-state index is 12.3. The molecule has 2 rings (SSSR count). The van der Waals surface area contributed by atoms with Crippen LogP contribution in [-0.2, 0) is 25.4 Å². The number of hydrogen-bond donors (Lipinski definition) is 2. The molecule has 0 saturated heterocycles. The molecule has 0 spiro atoms. The number of ketones is 1. The van der Waals surface area contributed by atoms with Crippen molar-refractivity contribution >= 4 is 21.7 Å². The van der Waals surface area contributed by atoms with Crippen LogP contribution < -0.4 is 10.5 Å². The van der Waals surface area contributed by atoms with Crippen LogP contribution in [0.4, 0.5) is 0 Å². The van der Waals surface area contributed by atoms with E-state index >= 15 is 0 Å². The summed E-state index contributed by atoms with van der Waals surface area (Å²) in [6.07, 6.45) is 2.16. The molecular weight excluding hydrogens is 304 g/mol. The predicted octanol–water partition coefficient (Wildman–Crippen LogP) is 0.719. The Hall–Kier alpha value is -1.73. The van der Waals surface area contributed by atoms with Gasteiger partial charge in [-0.3, -0.25) is 9.59 Å². The van der Waals surface area contributed by atoms with Crippen molar-refractivity contribution in [3.05, 3.63) is 35.9 Å². The molecule has 1 aliphatic carbocycles. The average molecular weight is 324 g/mol. The molecule has 0 aliphatic heterocycles. The van der Waals surface area contributed by atoms with Crippen LogP contribution in [0, 0.1) is 5.92 Å². The second-order valence-corrected chi connectivity index (χ2v) is 7.74. The van der Waals surface area contributed by atoms with Gasteiger partial charge in [-0.25, -0.2) is 13.1 Å². The number of hydrogen-bond acceptors (Lipinski definition) is 4. The van der Waals surface area contributed by atoms with Crippen molar-refractivity contribution in [2.24, 2.45) is 11.7 Å². The van der Waals surface area contributed by atoms with Crippen molar-refractivity contribution in [2.75, 3.05) is 0 Å². The Labute approximate surface area is 130 Å². The van der Waals surface area contributed by atoms with E-state index in [1.54, 1.807) is 30.3 Å². The Balaban J connectivity index is 2.18. The molecule has 3 N–H and O–H groups in total. The lowest BCUT2D eigenvalue weighted by Crippen LogP contribution is -2.56. The van der Waals surface area contributed by atoms with Crippen LogP contribution in [0.1, 0.15) is 31.7 Å². The number of Topliss-reactive ketones (excluding diaryl/α,β-unsaturated/α-hetero) is 1. The highest BCUT2D eigenvalue weighted by Gasteiger charge is 2.43. The number of rotatable bonds is 8. The molecule has 1 aliphatic rings. The highest BCUT2D eigenvalue weighted by Crippen LogP contribution is 2.37. The SMILES string of the molecule is CC(CC1CC1)(NS(=O)(=O)Cc1ccccc1)C(=O)C(N)=O. The monoisotopic (exact) mass is 324 g/mol. The van der Waals surface area contributed by atoms with Crippen molar-refractivity contribution < 1.29 is 18.0 Å². The Kier molecular flexibility index (Phi) is 4.67. The third kappa shape index (κ3) is 4.38. The van der Waals surface area contributed by atoms with Gasteiger partial charge in [0.25, 0.3) is 5.91 Å². The fourth-order valence-corrected chi connectivity index (χ4v) is 4.09. The van der Waals surface area contributed by atoms with E-state index in [0.29, 0.717) is 12.0 Å². The summed E-state index contributed by atoms with van der Waals surface area (Å²) in [5.41, 5.74) is 4.20. The Morgan fingerprint density at radius 3 is 2.36 bits per heavy atom. The first kappa shape index (κ1) is 16.6. The van der Waals surface area contributed by atoms with Crippen LogP contribution in [0.25, 0.3) is 0 Å². The van der Waals surface area contributed by atoms with E-state index in [2.05, 4.69) is 4.72 Å². The van der Waals surface area contributed by atoms with Gasteiger partial charge in [0.05, 0.1) is 11.3 Å². The summed E-state index contributed by atoms with van der Waals surface area (Å²) in [5.74, 6) is -2.01. The van der Waals surface area contributed by atoms with Crippen molar-refractivity contribution in [3.63, 3.8) is 0 Å². The largest absolute Gasteiger partial charge is 0.363 e. The average Bonchev–Trinajstić information content (AvgIpc) is 3.21. The van der Waals surface area contributed by atoms with Gasteiger partial charge in [0.15, 0.2) is 0 Å². The molecule has 1 aromatic rings. The third-order valence-corrected chi connectivity index (χ3v) is 5.17. The smallest absolute Gasteiger partial charge is 0.286 e. The lowest BCUT2D eigenvalue weighted by molar-refractivity contribution is -0.139. The fraction of sp³-hybridized carbons (Fsp3) is 0.467. The minimum atomic E-state index is -3.77. The molecule has 1 aromatic carbocycles. The van der Waals surface area contributed by atoms with E-state index in [9.17, 15) is 18.0 Å². The van der Waals surface area contributed by atoms with E-state index < -0.39 is 27.3 Å². The zero-order valence-electron chi connectivity index (χ0n) is 12.4. The second kappa shape index (κ2) is 6.18. The quantitative estimate of drug-likeness (QED) is 0.687. The number of primary amides is 1. The normalized spacial score (nSPS) is 17.7. The van der Waals surface area contributed by atoms with Crippen molar-refractivity contribution in [3.8, 4) is 0 Å². The van der Waals surface area contributed by atoms with E-state index in [-0.39, 0.29) is 11.7 Å². The third-order valence-electron chi connectivity index (χ3n) is 3.70. The van der Waals surface area contributed by atoms with Gasteiger partial charge in [0.1, 0.15) is 0 Å². The molecule has 1 amide bonds. The summed E-state index contributed by atoms with van der Waals surface area (Å²) in [4.78, 5) is 23.3. The van der Waals surface area contributed by atoms with Crippen molar-refractivity contribution in [1.82, 2.24) is 4.72 Å². The van der Waals surface area contributed by atoms with Gasteiger partial charge < -0.3 is 5.73 Å². The fourth-order valence-electron chi connectivity index (χ4n) is 2.52. The molecule has 0 bridgehead atoms. The Morgan fingerprint density at radius 2 is 1.86 bits per heavy atom. The molecule has 0 radical (unpaired) electrons. The number of benzene rings is 1. The number of nitrogens with two attached hydrogens (primary N) is 1. The zero-order valence-corrected chi connectivity index (χ0v) is 13.2. The summed E-state index contributed by atoms with van der Waals surface area (Å²) in [5, 5.41) is 0. The minimum absolute atomic E-state index is 0.250. The first-order valence-corrected chi connectivity index (χ1v) is 8.77. The number of amides is 1. The zero-order chi connectivity index (χ0) is 16.4. The number of nitrogens with one attached hydrogen (secondary N) is 1. The summed E-state index contributed by atoms with van der Waals surface area (Å²) < 4.78 is 27.1. The first-order chi connectivity index (χ1) is 10.2. The lowest BCUT2D eigenvalue weighted by atomic mass is 9.91. The predicted molar refractivity (Wildman–Crippen MR) is 82.1 cm³/mol. The molecule has 1 atom stereocenters. The summed E-state index contributed by atoms with van der Waals surface area (Å²) in [6.45, 7) is 1.43. The molecule has 1 saturated carbocycles. The Bertz CT molecular complexity index is 668. The van der Waals surface area contributed by atoms with Gasteiger partial charge in [0.2, 0.25) is 15.8 Å². The molecule has 22 heavy (non-hydrogen) atoms. The summed E-state index contributed by atoms with van der Waals surface area (Å²) >= 11 is 0. The van der Waals surface area contributed by atoms with Crippen LogP contribution in [0.5, 0.6) is 0 Å². The molecule has 6 nitrogen and oxygen atoms in total. The standard InChI is InChI=1S/C15H20N2O4S/c1-15(9-11-7-8-11,13(18)14(16)19)17-22(20,21)10-12-5-3-2-4-6-12/h2-6,11,17H,7-10H2,1H3,(H2,16,19). The highest BCUT2D eigenvalue weighted by atomic mass is 32.2. The van der Waals surface area contributed by atoms with Gasteiger partial charge in [-0.1, -0.05) is 43.2 Å². The summed E-state index contributed by atoms with van der Waals surface area (Å²) in [6, 6.07) is 8.64. The van der Waals surface area contributed by atoms with Gasteiger partial charge in [-0.2, -0.15) is 0 Å². The molecule has 120 valence electrons. The number of sulfonamides is 1. The number of carbonyl (C=O) groups excluding carboxylic acids is 2. The molecule has 1 unspecified atom stereocenters. The van der Waals surface area contributed by atoms with E-state index in [1.807, 2.05) is 0 Å². The van der Waals surface area contributed by atoms with Gasteiger partial charge >= 0.3 is 0 Å². The Morgan fingerprint density at radius 1 is 1.27 bits per heavy atom. The lowest BCUT2D eigenvalue weighted by Gasteiger charge is -2.27. The second-order valence-electron chi connectivity index (χ2n) is 6.02. The number of carbonyl (C=O) groups is 2. The maximum absolute atomic E-state index is 12.3. The highest BCUT2D eigenvalue weighted by molar-refractivity contribution is 7.88. The molecule has 1 fully saturated rings. The molecule has 0 aromatic heterocycles. The van der Waals surface area contributed by atoms with Gasteiger partial charge in [0, 0.05) is 0 Å². The topological polar surface area (TPSA) is 106 Å². The van der Waals surface area contributed by atoms with Crippen LogP contribution in [0.2, 0.25) is 0 Å². The van der Waals surface area contributed by atoms with Crippen molar-refractivity contribution in [1.29, 1.82) is 0 Å². The van der Waals surface area contributed by atoms with Crippen LogP contribution in [0.3, 0.4) is 0 Å². The summed E-state index contributed by atoms with van der Waals surface area (Å²) in [7, 11) is -3.77. The van der Waals surface area contributed by atoms with E-state index in [4.69, 9.17) is 5.73 Å². The molecule has 7 heteroatoms. The van der Waals surface area contributed by atoms with Crippen LogP contribution >= 0.6 is 0 Å². The van der Waals surface area contributed by atoms with E-state index in [1.165, 1.54) is 6.92 Å². The minimum Gasteiger partial charge on any atom is -0.363 e. The van der Waals surface area contributed by atoms with E-state index in [0.717, 1.165) is 12.8 Å².